The van der Waals surface area contributed by atoms with Gasteiger partial charge in [0, 0.05) is 18.2 Å². The normalized spacial score (nSPS) is 19.1. The molecule has 0 radical (unpaired) electrons. The molecule has 4 heteroatoms. The molecule has 1 fully saturated rings. The molecular formula is C16H20O4. The van der Waals surface area contributed by atoms with Crippen molar-refractivity contribution < 1.29 is 19.4 Å². The highest BCUT2D eigenvalue weighted by atomic mass is 16.5. The minimum absolute atomic E-state index is 0.139. The molecule has 1 N–H and O–H groups in total. The topological polar surface area (TPSA) is 55.8 Å². The standard InChI is InChI=1S/C16H20O4/c1-12-5-4-6-13(8-9-15(17)18)16(12)20-11-14-7-2-3-10-19-14/h4-6,8-9,14H,2-3,7,10-11H2,1H3,(H,17,18)/b9-8+. The molecule has 1 unspecified atom stereocenters. The lowest BCUT2D eigenvalue weighted by molar-refractivity contribution is -0.131. The van der Waals surface area contributed by atoms with Gasteiger partial charge in [0.25, 0.3) is 0 Å². The summed E-state index contributed by atoms with van der Waals surface area (Å²) in [7, 11) is 0. The van der Waals surface area contributed by atoms with Gasteiger partial charge in [0.05, 0.1) is 6.10 Å². The summed E-state index contributed by atoms with van der Waals surface area (Å²) in [5, 5.41) is 8.72. The number of hydrogen-bond donors (Lipinski definition) is 1. The summed E-state index contributed by atoms with van der Waals surface area (Å²) in [6, 6.07) is 5.69. The first-order valence-electron chi connectivity index (χ1n) is 6.92. The minimum atomic E-state index is -0.965. The molecule has 0 aliphatic carbocycles. The molecule has 2 rings (SSSR count). The number of carbonyl (C=O) groups is 1. The van der Waals surface area contributed by atoms with Crippen LogP contribution in [0.3, 0.4) is 0 Å². The van der Waals surface area contributed by atoms with Crippen molar-refractivity contribution in [3.05, 3.63) is 35.4 Å². The van der Waals surface area contributed by atoms with Gasteiger partial charge in [-0.2, -0.15) is 0 Å². The fourth-order valence-electron chi connectivity index (χ4n) is 2.28. The van der Waals surface area contributed by atoms with Gasteiger partial charge >= 0.3 is 5.97 Å². The van der Waals surface area contributed by atoms with E-state index in [1.807, 2.05) is 25.1 Å². The molecule has 1 aromatic rings. The van der Waals surface area contributed by atoms with Crippen LogP contribution in [-0.2, 0) is 9.53 Å². The molecule has 1 aromatic carbocycles. The van der Waals surface area contributed by atoms with Crippen LogP contribution in [0.4, 0.5) is 0 Å². The van der Waals surface area contributed by atoms with E-state index >= 15 is 0 Å². The molecule has 1 atom stereocenters. The molecule has 108 valence electrons. The van der Waals surface area contributed by atoms with E-state index in [-0.39, 0.29) is 6.10 Å². The molecule has 4 nitrogen and oxygen atoms in total. The summed E-state index contributed by atoms with van der Waals surface area (Å²) < 4.78 is 11.5. The van der Waals surface area contributed by atoms with Crippen molar-refractivity contribution in [1.82, 2.24) is 0 Å². The molecule has 0 aromatic heterocycles. The van der Waals surface area contributed by atoms with Crippen molar-refractivity contribution >= 4 is 12.0 Å². The zero-order valence-electron chi connectivity index (χ0n) is 11.7. The first kappa shape index (κ1) is 14.6. The number of rotatable bonds is 5. The Morgan fingerprint density at radius 2 is 2.35 bits per heavy atom. The van der Waals surface area contributed by atoms with E-state index in [0.717, 1.165) is 42.4 Å². The SMILES string of the molecule is Cc1cccc(/C=C/C(=O)O)c1OCC1CCCCO1. The third-order valence-electron chi connectivity index (χ3n) is 3.34. The number of para-hydroxylation sites is 1. The van der Waals surface area contributed by atoms with E-state index in [0.29, 0.717) is 6.61 Å². The second-order valence-corrected chi connectivity index (χ2v) is 4.96. The third-order valence-corrected chi connectivity index (χ3v) is 3.34. The maximum atomic E-state index is 10.6. The second-order valence-electron chi connectivity index (χ2n) is 4.96. The number of aliphatic carboxylic acids is 1. The number of carboxylic acid groups (broad SMARTS) is 1. The van der Waals surface area contributed by atoms with Crippen molar-refractivity contribution in [2.45, 2.75) is 32.3 Å². The lowest BCUT2D eigenvalue weighted by Gasteiger charge is -2.23. The smallest absolute Gasteiger partial charge is 0.328 e. The van der Waals surface area contributed by atoms with Gasteiger partial charge < -0.3 is 14.6 Å². The summed E-state index contributed by atoms with van der Waals surface area (Å²) in [6.07, 6.45) is 6.14. The van der Waals surface area contributed by atoms with Crippen LogP contribution in [0.15, 0.2) is 24.3 Å². The summed E-state index contributed by atoms with van der Waals surface area (Å²) in [4.78, 5) is 10.6. The van der Waals surface area contributed by atoms with Crippen molar-refractivity contribution in [2.75, 3.05) is 13.2 Å². The summed E-state index contributed by atoms with van der Waals surface area (Å²) >= 11 is 0. The minimum Gasteiger partial charge on any atom is -0.490 e. The highest BCUT2D eigenvalue weighted by Gasteiger charge is 2.15. The molecule has 1 saturated heterocycles. The Kier molecular flexibility index (Phi) is 5.18. The largest absolute Gasteiger partial charge is 0.490 e. The molecule has 0 bridgehead atoms. The van der Waals surface area contributed by atoms with Gasteiger partial charge in [-0.1, -0.05) is 18.2 Å². The molecule has 0 amide bonds. The van der Waals surface area contributed by atoms with Crippen LogP contribution < -0.4 is 4.74 Å². The number of hydrogen-bond acceptors (Lipinski definition) is 3. The Hall–Kier alpha value is -1.81. The molecule has 0 spiro atoms. The molecular weight excluding hydrogens is 256 g/mol. The Morgan fingerprint density at radius 1 is 1.50 bits per heavy atom. The maximum absolute atomic E-state index is 10.6. The number of benzene rings is 1. The Morgan fingerprint density at radius 3 is 3.05 bits per heavy atom. The maximum Gasteiger partial charge on any atom is 0.328 e. The fraction of sp³-hybridized carbons (Fsp3) is 0.438. The zero-order valence-corrected chi connectivity index (χ0v) is 11.7. The van der Waals surface area contributed by atoms with Gasteiger partial charge in [-0.3, -0.25) is 0 Å². The van der Waals surface area contributed by atoms with E-state index < -0.39 is 5.97 Å². The van der Waals surface area contributed by atoms with Gasteiger partial charge in [-0.05, 0) is 37.8 Å². The summed E-state index contributed by atoms with van der Waals surface area (Å²) in [5.74, 6) is -0.229. The third kappa shape index (κ3) is 4.10. The van der Waals surface area contributed by atoms with Gasteiger partial charge in [0.2, 0.25) is 0 Å². The van der Waals surface area contributed by atoms with Crippen LogP contribution >= 0.6 is 0 Å². The molecule has 1 aliphatic heterocycles. The van der Waals surface area contributed by atoms with Gasteiger partial charge in [-0.15, -0.1) is 0 Å². The first-order chi connectivity index (χ1) is 9.66. The fourth-order valence-corrected chi connectivity index (χ4v) is 2.28. The number of aryl methyl sites for hydroxylation is 1. The lowest BCUT2D eigenvalue weighted by atomic mass is 10.1. The quantitative estimate of drug-likeness (QED) is 0.840. The van der Waals surface area contributed by atoms with Gasteiger partial charge in [0.15, 0.2) is 0 Å². The van der Waals surface area contributed by atoms with Gasteiger partial charge in [0.1, 0.15) is 12.4 Å². The average molecular weight is 276 g/mol. The molecule has 0 saturated carbocycles. The zero-order chi connectivity index (χ0) is 14.4. The Labute approximate surface area is 119 Å². The number of carboxylic acids is 1. The van der Waals surface area contributed by atoms with Crippen LogP contribution in [0, 0.1) is 6.92 Å². The highest BCUT2D eigenvalue weighted by Crippen LogP contribution is 2.25. The van der Waals surface area contributed by atoms with Crippen LogP contribution in [0.5, 0.6) is 5.75 Å². The van der Waals surface area contributed by atoms with E-state index in [2.05, 4.69) is 0 Å². The van der Waals surface area contributed by atoms with Crippen molar-refractivity contribution in [3.8, 4) is 5.75 Å². The second kappa shape index (κ2) is 7.10. The molecule has 1 heterocycles. The highest BCUT2D eigenvalue weighted by molar-refractivity contribution is 5.86. The predicted octanol–water partition coefficient (Wildman–Crippen LogP) is 3.04. The van der Waals surface area contributed by atoms with Crippen LogP contribution in [0.25, 0.3) is 6.08 Å². The molecule has 1 aliphatic rings. The van der Waals surface area contributed by atoms with E-state index in [9.17, 15) is 4.79 Å². The average Bonchev–Trinajstić information content (AvgIpc) is 2.45. The van der Waals surface area contributed by atoms with Crippen molar-refractivity contribution in [3.63, 3.8) is 0 Å². The van der Waals surface area contributed by atoms with E-state index in [4.69, 9.17) is 14.6 Å². The monoisotopic (exact) mass is 276 g/mol. The van der Waals surface area contributed by atoms with Crippen LogP contribution in [0.1, 0.15) is 30.4 Å². The number of ether oxygens (including phenoxy) is 2. The Balaban J connectivity index is 2.06. The van der Waals surface area contributed by atoms with E-state index in [1.54, 1.807) is 6.08 Å². The first-order valence-corrected chi connectivity index (χ1v) is 6.92. The summed E-state index contributed by atoms with van der Waals surface area (Å²) in [6.45, 7) is 3.27. The van der Waals surface area contributed by atoms with Crippen LogP contribution in [0.2, 0.25) is 0 Å². The molecule has 20 heavy (non-hydrogen) atoms. The predicted molar refractivity (Wildman–Crippen MR) is 76.9 cm³/mol. The van der Waals surface area contributed by atoms with Crippen LogP contribution in [-0.4, -0.2) is 30.4 Å². The van der Waals surface area contributed by atoms with Crippen molar-refractivity contribution in [1.29, 1.82) is 0 Å². The summed E-state index contributed by atoms with van der Waals surface area (Å²) in [5.41, 5.74) is 1.77. The lowest BCUT2D eigenvalue weighted by Crippen LogP contribution is -2.26. The van der Waals surface area contributed by atoms with Crippen molar-refractivity contribution in [2.24, 2.45) is 0 Å². The van der Waals surface area contributed by atoms with Gasteiger partial charge in [-0.25, -0.2) is 4.79 Å². The Bertz CT molecular complexity index is 487. The van der Waals surface area contributed by atoms with E-state index in [1.165, 1.54) is 6.42 Å².